The fraction of sp³-hybridized carbons (Fsp3) is 0.462. The molecule has 1 N–H and O–H groups in total. The minimum absolute atomic E-state index is 0.322. The highest BCUT2D eigenvalue weighted by Gasteiger charge is 2.44. The molecule has 0 aromatic heterocycles. The van der Waals surface area contributed by atoms with E-state index in [0.29, 0.717) is 5.75 Å². The maximum absolute atomic E-state index is 8.63. The quantitative estimate of drug-likeness (QED) is 0.529. The molecule has 0 spiro atoms. The van der Waals surface area contributed by atoms with Gasteiger partial charge in [-0.2, -0.15) is 0 Å². The Morgan fingerprint density at radius 3 is 2.33 bits per heavy atom. The van der Waals surface area contributed by atoms with Gasteiger partial charge >= 0.3 is 0 Å². The molecule has 144 valence electrons. The number of aromatic hydroxyl groups is 1. The molecule has 1 nitrogen and oxygen atoms in total. The number of phenolic OH excluding ortho intramolecular Hbond substituents is 1. The molecule has 0 saturated heterocycles. The zero-order valence-electron chi connectivity index (χ0n) is 16.9. The monoisotopic (exact) mass is 362 g/mol. The summed E-state index contributed by atoms with van der Waals surface area (Å²) in [5, 5.41) is 8.63. The topological polar surface area (TPSA) is 20.2 Å². The van der Waals surface area contributed by atoms with Gasteiger partial charge in [0, 0.05) is 0 Å². The summed E-state index contributed by atoms with van der Waals surface area (Å²) in [6, 6.07) is 8.71. The Bertz CT molecular complexity index is 709. The average Bonchev–Trinajstić information content (AvgIpc) is 3.39. The van der Waals surface area contributed by atoms with Gasteiger partial charge in [-0.05, 0) is 87.7 Å². The molecule has 1 heteroatoms. The van der Waals surface area contributed by atoms with Crippen molar-refractivity contribution < 1.29 is 5.11 Å². The minimum atomic E-state index is 0.322. The Morgan fingerprint density at radius 1 is 1.04 bits per heavy atom. The summed E-state index contributed by atoms with van der Waals surface area (Å²) in [6.45, 7) is 8.33. The summed E-state index contributed by atoms with van der Waals surface area (Å²) in [6.07, 6.45) is 18.7. The number of fused-ring (bicyclic) bond motifs is 5. The highest BCUT2D eigenvalue weighted by Crippen LogP contribution is 2.52. The van der Waals surface area contributed by atoms with E-state index in [0.717, 1.165) is 29.6 Å². The van der Waals surface area contributed by atoms with Crippen molar-refractivity contribution in [2.45, 2.75) is 46.0 Å². The van der Waals surface area contributed by atoms with Crippen molar-refractivity contribution in [1.29, 1.82) is 0 Å². The highest BCUT2D eigenvalue weighted by molar-refractivity contribution is 5.21. The Labute approximate surface area is 165 Å². The van der Waals surface area contributed by atoms with Gasteiger partial charge in [0.15, 0.2) is 0 Å². The van der Waals surface area contributed by atoms with Crippen LogP contribution in [0.15, 0.2) is 78.4 Å². The number of hydrogen-bond donors (Lipinski definition) is 1. The lowest BCUT2D eigenvalue weighted by Gasteiger charge is -2.19. The van der Waals surface area contributed by atoms with Crippen molar-refractivity contribution >= 4 is 0 Å². The third kappa shape index (κ3) is 5.25. The molecule has 1 saturated carbocycles. The largest absolute Gasteiger partial charge is 0.508 e. The standard InChI is InChI=1S/C10H12.C10H16.C6H6O/c1-2-9-7-4-5-8(6-7)10(9)3-1;1-8(2)10-6-4-9(3)5-7-10;7-6-4-2-1-3-5-6/h1-2,4-5,7-10H,3,6H2;4,10H,1,5-7H2,2-3H3;1-5,7H/t;10-;/m.0./s1. The first kappa shape index (κ1) is 19.7. The zero-order valence-corrected chi connectivity index (χ0v) is 16.9. The van der Waals surface area contributed by atoms with E-state index in [1.54, 1.807) is 29.8 Å². The van der Waals surface area contributed by atoms with E-state index in [9.17, 15) is 0 Å². The first-order chi connectivity index (χ1) is 13.0. The van der Waals surface area contributed by atoms with Crippen LogP contribution in [-0.4, -0.2) is 5.11 Å². The molecule has 0 amide bonds. The molecule has 1 fully saturated rings. The van der Waals surface area contributed by atoms with Crippen molar-refractivity contribution in [1.82, 2.24) is 0 Å². The van der Waals surface area contributed by atoms with E-state index in [4.69, 9.17) is 5.11 Å². The predicted octanol–water partition coefficient (Wildman–Crippen LogP) is 7.09. The van der Waals surface area contributed by atoms with E-state index in [1.807, 2.05) is 6.07 Å². The van der Waals surface area contributed by atoms with Gasteiger partial charge in [-0.15, -0.1) is 0 Å². The van der Waals surface area contributed by atoms with Crippen LogP contribution in [0.5, 0.6) is 5.75 Å². The molecule has 0 heterocycles. The Morgan fingerprint density at radius 2 is 1.78 bits per heavy atom. The summed E-state index contributed by atoms with van der Waals surface area (Å²) in [7, 11) is 0. The van der Waals surface area contributed by atoms with Crippen LogP contribution in [0.1, 0.15) is 46.0 Å². The van der Waals surface area contributed by atoms with Crippen molar-refractivity contribution in [3.63, 3.8) is 0 Å². The van der Waals surface area contributed by atoms with Gasteiger partial charge in [0.25, 0.3) is 0 Å². The summed E-state index contributed by atoms with van der Waals surface area (Å²) < 4.78 is 0. The number of benzene rings is 1. The molecule has 5 rings (SSSR count). The maximum Gasteiger partial charge on any atom is 0.115 e. The van der Waals surface area contributed by atoms with Gasteiger partial charge in [-0.25, -0.2) is 0 Å². The Kier molecular flexibility index (Phi) is 6.77. The fourth-order valence-corrected chi connectivity index (χ4v) is 4.81. The van der Waals surface area contributed by atoms with Crippen LogP contribution in [0.4, 0.5) is 0 Å². The maximum atomic E-state index is 8.63. The first-order valence-corrected chi connectivity index (χ1v) is 10.4. The van der Waals surface area contributed by atoms with Gasteiger partial charge in [0.2, 0.25) is 0 Å². The SMILES string of the molecule is C1=CC2C3C=CC(C3)C2C1.C=C(C)[C@H]1CC=C(C)CC1.Oc1ccccc1. The highest BCUT2D eigenvalue weighted by atomic mass is 16.3. The molecule has 4 aliphatic carbocycles. The van der Waals surface area contributed by atoms with Crippen LogP contribution in [-0.2, 0) is 0 Å². The van der Waals surface area contributed by atoms with Gasteiger partial charge < -0.3 is 5.11 Å². The van der Waals surface area contributed by atoms with E-state index in [1.165, 1.54) is 37.7 Å². The number of phenols is 1. The van der Waals surface area contributed by atoms with Crippen LogP contribution in [0.2, 0.25) is 0 Å². The van der Waals surface area contributed by atoms with Crippen LogP contribution < -0.4 is 0 Å². The normalized spacial score (nSPS) is 31.9. The lowest BCUT2D eigenvalue weighted by atomic mass is 9.86. The summed E-state index contributed by atoms with van der Waals surface area (Å²) in [4.78, 5) is 0. The second-order valence-electron chi connectivity index (χ2n) is 8.56. The van der Waals surface area contributed by atoms with E-state index >= 15 is 0 Å². The first-order valence-electron chi connectivity index (χ1n) is 10.4. The molecule has 5 atom stereocenters. The van der Waals surface area contributed by atoms with E-state index in [2.05, 4.69) is 50.8 Å². The van der Waals surface area contributed by atoms with Crippen LogP contribution in [0, 0.1) is 29.6 Å². The van der Waals surface area contributed by atoms with E-state index in [-0.39, 0.29) is 0 Å². The molecule has 27 heavy (non-hydrogen) atoms. The smallest absolute Gasteiger partial charge is 0.115 e. The van der Waals surface area contributed by atoms with Crippen LogP contribution >= 0.6 is 0 Å². The van der Waals surface area contributed by atoms with Gasteiger partial charge in [0.1, 0.15) is 5.75 Å². The van der Waals surface area contributed by atoms with Crippen molar-refractivity contribution in [3.05, 3.63) is 78.4 Å². The second-order valence-corrected chi connectivity index (χ2v) is 8.56. The van der Waals surface area contributed by atoms with Crippen molar-refractivity contribution in [3.8, 4) is 5.75 Å². The fourth-order valence-electron chi connectivity index (χ4n) is 4.81. The Hall–Kier alpha value is -2.02. The third-order valence-electron chi connectivity index (χ3n) is 6.55. The Balaban J connectivity index is 0.000000119. The number of hydrogen-bond acceptors (Lipinski definition) is 1. The summed E-state index contributed by atoms with van der Waals surface area (Å²) in [5.74, 6) is 4.91. The van der Waals surface area contributed by atoms with Gasteiger partial charge in [-0.1, -0.05) is 66.3 Å². The molecular formula is C26H34O. The van der Waals surface area contributed by atoms with E-state index < -0.39 is 0 Å². The molecule has 4 aliphatic rings. The van der Waals surface area contributed by atoms with Crippen LogP contribution in [0.3, 0.4) is 0 Å². The summed E-state index contributed by atoms with van der Waals surface area (Å²) >= 11 is 0. The van der Waals surface area contributed by atoms with Gasteiger partial charge in [0.05, 0.1) is 0 Å². The average molecular weight is 363 g/mol. The van der Waals surface area contributed by atoms with Crippen LogP contribution in [0.25, 0.3) is 0 Å². The molecule has 0 aliphatic heterocycles. The lowest BCUT2D eigenvalue weighted by Crippen LogP contribution is -2.12. The second kappa shape index (κ2) is 9.26. The molecule has 0 radical (unpaired) electrons. The molecule has 2 bridgehead atoms. The summed E-state index contributed by atoms with van der Waals surface area (Å²) in [5.41, 5.74) is 2.90. The minimum Gasteiger partial charge on any atom is -0.508 e. The van der Waals surface area contributed by atoms with Crippen molar-refractivity contribution in [2.24, 2.45) is 29.6 Å². The number of rotatable bonds is 1. The third-order valence-corrected chi connectivity index (χ3v) is 6.55. The van der Waals surface area contributed by atoms with Gasteiger partial charge in [-0.3, -0.25) is 0 Å². The molecular weight excluding hydrogens is 328 g/mol. The predicted molar refractivity (Wildman–Crippen MR) is 115 cm³/mol. The number of para-hydroxylation sites is 1. The number of allylic oxidation sites excluding steroid dienone is 7. The zero-order chi connectivity index (χ0) is 19.2. The van der Waals surface area contributed by atoms with Crippen molar-refractivity contribution in [2.75, 3.05) is 0 Å². The lowest BCUT2D eigenvalue weighted by molar-refractivity contribution is 0.398. The molecule has 4 unspecified atom stereocenters. The molecule has 1 aromatic carbocycles. The molecule has 1 aromatic rings.